The lowest BCUT2D eigenvalue weighted by molar-refractivity contribution is 0.521. The molecule has 1 unspecified atom stereocenters. The second-order valence-electron chi connectivity index (χ2n) is 2.16. The van der Waals surface area contributed by atoms with E-state index >= 15 is 0 Å². The Kier molecular flexibility index (Phi) is 4.17. The molecule has 0 amide bonds. The molecule has 1 atom stereocenters. The predicted octanol–water partition coefficient (Wildman–Crippen LogP) is 2.65. The van der Waals surface area contributed by atoms with E-state index in [2.05, 4.69) is 20.8 Å². The van der Waals surface area contributed by atoms with Crippen molar-refractivity contribution in [3.05, 3.63) is 6.92 Å². The minimum Gasteiger partial charge on any atom is -0.343 e. The second kappa shape index (κ2) is 4.17. The van der Waals surface area contributed by atoms with Crippen LogP contribution in [0.25, 0.3) is 0 Å². The zero-order chi connectivity index (χ0) is 5.70. The molecule has 0 aromatic carbocycles. The van der Waals surface area contributed by atoms with E-state index in [1.165, 1.54) is 12.8 Å². The third-order valence-corrected chi connectivity index (χ3v) is 1.39. The first kappa shape index (κ1) is 7.00. The van der Waals surface area contributed by atoms with Crippen LogP contribution in [0.2, 0.25) is 0 Å². The summed E-state index contributed by atoms with van der Waals surface area (Å²) in [7, 11) is 0. The highest BCUT2D eigenvalue weighted by molar-refractivity contribution is 4.49. The topological polar surface area (TPSA) is 0 Å². The first-order valence-electron chi connectivity index (χ1n) is 3.10. The molecule has 0 heterocycles. The van der Waals surface area contributed by atoms with E-state index < -0.39 is 0 Å². The zero-order valence-corrected chi connectivity index (χ0v) is 5.41. The summed E-state index contributed by atoms with van der Waals surface area (Å²) >= 11 is 0. The van der Waals surface area contributed by atoms with Gasteiger partial charge in [0.25, 0.3) is 0 Å². The minimum absolute atomic E-state index is 0.887. The molecule has 0 saturated carbocycles. The molecule has 0 N–H and O–H groups in total. The Hall–Kier alpha value is 0. The first-order valence-corrected chi connectivity index (χ1v) is 3.10. The molecule has 7 heavy (non-hydrogen) atoms. The molecule has 0 aliphatic heterocycles. The van der Waals surface area contributed by atoms with E-state index in [0.29, 0.717) is 0 Å². The van der Waals surface area contributed by atoms with Gasteiger partial charge in [0.1, 0.15) is 0 Å². The lowest BCUT2D eigenvalue weighted by Crippen LogP contribution is -1.88. The molecular formula is C7H15-. The molecule has 0 saturated heterocycles. The number of rotatable bonds is 3. The zero-order valence-electron chi connectivity index (χ0n) is 5.41. The molecule has 0 bridgehead atoms. The van der Waals surface area contributed by atoms with Gasteiger partial charge in [-0.1, -0.05) is 26.7 Å². The van der Waals surface area contributed by atoms with Crippen molar-refractivity contribution in [3.8, 4) is 0 Å². The third-order valence-electron chi connectivity index (χ3n) is 1.39. The van der Waals surface area contributed by atoms with Crippen molar-refractivity contribution in [1.29, 1.82) is 0 Å². The van der Waals surface area contributed by atoms with Gasteiger partial charge in [-0.05, 0) is 5.92 Å². The maximum atomic E-state index is 3.77. The van der Waals surface area contributed by atoms with Crippen molar-refractivity contribution in [2.75, 3.05) is 0 Å². The van der Waals surface area contributed by atoms with Crippen LogP contribution in [0.4, 0.5) is 0 Å². The van der Waals surface area contributed by atoms with Gasteiger partial charge < -0.3 is 6.92 Å². The summed E-state index contributed by atoms with van der Waals surface area (Å²) in [6, 6.07) is 0. The van der Waals surface area contributed by atoms with Gasteiger partial charge in [-0.2, -0.15) is 6.42 Å². The summed E-state index contributed by atoms with van der Waals surface area (Å²) < 4.78 is 0. The molecule has 0 aliphatic carbocycles. The monoisotopic (exact) mass is 99.1 g/mol. The van der Waals surface area contributed by atoms with E-state index in [0.717, 1.165) is 12.3 Å². The fourth-order valence-corrected chi connectivity index (χ4v) is 0.553. The fourth-order valence-electron chi connectivity index (χ4n) is 0.553. The molecule has 0 fully saturated rings. The summed E-state index contributed by atoms with van der Waals surface area (Å²) in [5.41, 5.74) is 0. The average molecular weight is 99.2 g/mol. The van der Waals surface area contributed by atoms with Crippen LogP contribution in [-0.4, -0.2) is 0 Å². The van der Waals surface area contributed by atoms with Gasteiger partial charge in [0.05, 0.1) is 0 Å². The quantitative estimate of drug-likeness (QED) is 0.477. The predicted molar refractivity (Wildman–Crippen MR) is 34.0 cm³/mol. The summed E-state index contributed by atoms with van der Waals surface area (Å²) in [5, 5.41) is 0. The summed E-state index contributed by atoms with van der Waals surface area (Å²) in [5.74, 6) is 0.887. The summed E-state index contributed by atoms with van der Waals surface area (Å²) in [6.07, 6.45) is 3.68. The van der Waals surface area contributed by atoms with Crippen LogP contribution in [0.3, 0.4) is 0 Å². The molecule has 0 radical (unpaired) electrons. The normalized spacial score (nSPS) is 14.1. The maximum Gasteiger partial charge on any atom is -0.0470 e. The van der Waals surface area contributed by atoms with Gasteiger partial charge in [-0.3, -0.25) is 0 Å². The first-order chi connectivity index (χ1) is 3.31. The summed E-state index contributed by atoms with van der Waals surface area (Å²) in [6.45, 7) is 8.27. The van der Waals surface area contributed by atoms with Gasteiger partial charge in [-0.25, -0.2) is 0 Å². The SMILES string of the molecule is [CH2-]CCC(C)CC. The Morgan fingerprint density at radius 3 is 2.29 bits per heavy atom. The van der Waals surface area contributed by atoms with Gasteiger partial charge in [0, 0.05) is 0 Å². The van der Waals surface area contributed by atoms with Crippen LogP contribution in [0.15, 0.2) is 0 Å². The lowest BCUT2D eigenvalue weighted by Gasteiger charge is -2.05. The highest BCUT2D eigenvalue weighted by atomic mass is 14.0. The van der Waals surface area contributed by atoms with E-state index in [9.17, 15) is 0 Å². The molecule has 0 aliphatic rings. The number of hydrogen-bond donors (Lipinski definition) is 0. The van der Waals surface area contributed by atoms with Crippen molar-refractivity contribution < 1.29 is 0 Å². The molecular weight excluding hydrogens is 84.1 g/mol. The highest BCUT2D eigenvalue weighted by Gasteiger charge is 1.90. The van der Waals surface area contributed by atoms with Gasteiger partial charge in [0.15, 0.2) is 0 Å². The highest BCUT2D eigenvalue weighted by Crippen LogP contribution is 2.07. The smallest absolute Gasteiger partial charge is 0.0470 e. The van der Waals surface area contributed by atoms with Crippen molar-refractivity contribution in [2.45, 2.75) is 33.1 Å². The standard InChI is InChI=1S/C7H15/c1-4-6-7(3)5-2/h7H,1,4-6H2,2-3H3/q-1. The van der Waals surface area contributed by atoms with Crippen molar-refractivity contribution >= 4 is 0 Å². The van der Waals surface area contributed by atoms with Gasteiger partial charge >= 0.3 is 0 Å². The van der Waals surface area contributed by atoms with Crippen molar-refractivity contribution in [1.82, 2.24) is 0 Å². The Bertz CT molecular complexity index is 31.0. The van der Waals surface area contributed by atoms with Crippen molar-refractivity contribution in [3.63, 3.8) is 0 Å². The molecule has 0 heteroatoms. The van der Waals surface area contributed by atoms with Crippen LogP contribution < -0.4 is 0 Å². The molecule has 0 aromatic rings. The van der Waals surface area contributed by atoms with Crippen molar-refractivity contribution in [2.24, 2.45) is 5.92 Å². The van der Waals surface area contributed by atoms with Gasteiger partial charge in [-0.15, -0.1) is 0 Å². The Morgan fingerprint density at radius 2 is 2.14 bits per heavy atom. The number of hydrogen-bond acceptors (Lipinski definition) is 0. The molecule has 0 aromatic heterocycles. The van der Waals surface area contributed by atoms with Crippen LogP contribution >= 0.6 is 0 Å². The minimum atomic E-state index is 0.887. The molecule has 44 valence electrons. The van der Waals surface area contributed by atoms with E-state index in [1.54, 1.807) is 0 Å². The Balaban J connectivity index is 2.83. The van der Waals surface area contributed by atoms with Crippen LogP contribution in [-0.2, 0) is 0 Å². The van der Waals surface area contributed by atoms with Crippen LogP contribution in [0.1, 0.15) is 33.1 Å². The molecule has 0 spiro atoms. The fraction of sp³-hybridized carbons (Fsp3) is 0.857. The molecule has 0 rings (SSSR count). The van der Waals surface area contributed by atoms with Crippen LogP contribution in [0, 0.1) is 12.8 Å². The third kappa shape index (κ3) is 3.84. The largest absolute Gasteiger partial charge is 0.343 e. The van der Waals surface area contributed by atoms with Gasteiger partial charge in [0.2, 0.25) is 0 Å². The average Bonchev–Trinajstić information content (AvgIpc) is 1.68. The van der Waals surface area contributed by atoms with E-state index in [-0.39, 0.29) is 0 Å². The Morgan fingerprint density at radius 1 is 1.57 bits per heavy atom. The maximum absolute atomic E-state index is 3.77. The lowest BCUT2D eigenvalue weighted by atomic mass is 10.0. The molecule has 0 nitrogen and oxygen atoms in total. The van der Waals surface area contributed by atoms with E-state index in [4.69, 9.17) is 0 Å². The second-order valence-corrected chi connectivity index (χ2v) is 2.16. The Labute approximate surface area is 46.9 Å². The van der Waals surface area contributed by atoms with E-state index in [1.807, 2.05) is 0 Å². The summed E-state index contributed by atoms with van der Waals surface area (Å²) in [4.78, 5) is 0. The van der Waals surface area contributed by atoms with Crippen LogP contribution in [0.5, 0.6) is 0 Å².